The lowest BCUT2D eigenvalue weighted by Gasteiger charge is -2.25. The Hall–Kier alpha value is -3.99. The van der Waals surface area contributed by atoms with Crippen molar-refractivity contribution >= 4 is 40.2 Å². The summed E-state index contributed by atoms with van der Waals surface area (Å²) in [5, 5.41) is 23.6. The summed E-state index contributed by atoms with van der Waals surface area (Å²) in [6, 6.07) is 9.28. The second-order valence-electron chi connectivity index (χ2n) is 7.49. The lowest BCUT2D eigenvalue weighted by atomic mass is 9.98. The van der Waals surface area contributed by atoms with E-state index in [0.717, 1.165) is 35.2 Å². The van der Waals surface area contributed by atoms with E-state index in [9.17, 15) is 38.0 Å². The largest absolute Gasteiger partial charge is 0.507 e. The van der Waals surface area contributed by atoms with Crippen molar-refractivity contribution < 1.29 is 32.8 Å². The molecule has 0 radical (unpaired) electrons. The predicted molar refractivity (Wildman–Crippen MR) is 118 cm³/mol. The van der Waals surface area contributed by atoms with E-state index >= 15 is 0 Å². The van der Waals surface area contributed by atoms with Gasteiger partial charge < -0.3 is 5.11 Å². The topological polar surface area (TPSA) is 101 Å². The van der Waals surface area contributed by atoms with Crippen molar-refractivity contribution in [1.29, 1.82) is 0 Å². The molecule has 1 unspecified atom stereocenters. The van der Waals surface area contributed by atoms with Crippen molar-refractivity contribution in [2.75, 3.05) is 4.90 Å². The van der Waals surface area contributed by atoms with E-state index in [2.05, 4.69) is 0 Å². The van der Waals surface area contributed by atoms with Gasteiger partial charge in [0.1, 0.15) is 11.8 Å². The third-order valence-electron chi connectivity index (χ3n) is 5.40. The number of rotatable bonds is 4. The molecule has 7 nitrogen and oxygen atoms in total. The minimum absolute atomic E-state index is 0.0480. The van der Waals surface area contributed by atoms with E-state index < -0.39 is 40.2 Å². The van der Waals surface area contributed by atoms with Crippen molar-refractivity contribution in [3.05, 3.63) is 97.2 Å². The summed E-state index contributed by atoms with van der Waals surface area (Å²) < 4.78 is 39.9. The number of aryl methyl sites for hydroxylation is 1. The zero-order chi connectivity index (χ0) is 24.8. The highest BCUT2D eigenvalue weighted by Gasteiger charge is 2.48. The maximum atomic E-state index is 13.3. The Morgan fingerprint density at radius 2 is 1.79 bits per heavy atom. The van der Waals surface area contributed by atoms with E-state index in [1.54, 1.807) is 18.4 Å². The maximum Gasteiger partial charge on any atom is 0.416 e. The number of nitrogens with zero attached hydrogens (tertiary/aromatic N) is 2. The molecule has 1 amide bonds. The maximum absolute atomic E-state index is 13.3. The first-order valence-electron chi connectivity index (χ1n) is 9.77. The van der Waals surface area contributed by atoms with E-state index in [4.69, 9.17) is 0 Å². The number of ketones is 1. The molecule has 1 aliphatic heterocycles. The van der Waals surface area contributed by atoms with Gasteiger partial charge in [0.05, 0.1) is 16.1 Å². The van der Waals surface area contributed by atoms with Gasteiger partial charge in [0.2, 0.25) is 0 Å². The standard InChI is InChI=1S/C23H15F3N2O5S/c1-12-9-10-34-21(12)18-17(19(29)13-5-7-15(8-6-13)28(32)33)20(30)22(31)27(18)16-4-2-3-14(11-16)23(24,25)26/h2-11,18,29H,1H3/b19-17-. The highest BCUT2D eigenvalue weighted by molar-refractivity contribution is 7.10. The third-order valence-corrected chi connectivity index (χ3v) is 6.47. The molecule has 1 aliphatic rings. The Labute approximate surface area is 194 Å². The molecule has 34 heavy (non-hydrogen) atoms. The van der Waals surface area contributed by atoms with Gasteiger partial charge >= 0.3 is 6.18 Å². The van der Waals surface area contributed by atoms with Crippen molar-refractivity contribution in [3.63, 3.8) is 0 Å². The zero-order valence-corrected chi connectivity index (χ0v) is 18.2. The van der Waals surface area contributed by atoms with Gasteiger partial charge in [-0.3, -0.25) is 24.6 Å². The fourth-order valence-corrected chi connectivity index (χ4v) is 4.76. The summed E-state index contributed by atoms with van der Waals surface area (Å²) in [5.74, 6) is -2.76. The Kier molecular flexibility index (Phi) is 5.74. The molecular weight excluding hydrogens is 473 g/mol. The van der Waals surface area contributed by atoms with Gasteiger partial charge in [-0.15, -0.1) is 11.3 Å². The van der Waals surface area contributed by atoms with Crippen molar-refractivity contribution in [2.24, 2.45) is 0 Å². The Bertz CT molecular complexity index is 1350. The van der Waals surface area contributed by atoms with E-state index in [0.29, 0.717) is 10.4 Å². The Morgan fingerprint density at radius 1 is 1.12 bits per heavy atom. The van der Waals surface area contributed by atoms with Gasteiger partial charge in [0.25, 0.3) is 17.4 Å². The summed E-state index contributed by atoms with van der Waals surface area (Å²) in [4.78, 5) is 37.8. The van der Waals surface area contributed by atoms with E-state index in [-0.39, 0.29) is 22.5 Å². The first-order chi connectivity index (χ1) is 16.0. The molecule has 1 atom stereocenters. The number of thiophene rings is 1. The van der Waals surface area contributed by atoms with Crippen LogP contribution in [0.4, 0.5) is 24.5 Å². The van der Waals surface area contributed by atoms with Crippen LogP contribution in [0, 0.1) is 17.0 Å². The first kappa shape index (κ1) is 23.2. The average molecular weight is 488 g/mol. The van der Waals surface area contributed by atoms with Crippen LogP contribution in [0.15, 0.2) is 65.6 Å². The van der Waals surface area contributed by atoms with Crippen LogP contribution in [-0.2, 0) is 15.8 Å². The van der Waals surface area contributed by atoms with E-state index in [1.165, 1.54) is 29.5 Å². The van der Waals surface area contributed by atoms with Gasteiger partial charge in [-0.1, -0.05) is 6.07 Å². The highest BCUT2D eigenvalue weighted by Crippen LogP contribution is 2.45. The number of nitro groups is 1. The Balaban J connectivity index is 1.92. The van der Waals surface area contributed by atoms with Gasteiger partial charge in [-0.2, -0.15) is 13.2 Å². The SMILES string of the molecule is Cc1ccsc1C1/C(=C(/O)c2ccc([N+](=O)[O-])cc2)C(=O)C(=O)N1c1cccc(C(F)(F)F)c1. The summed E-state index contributed by atoms with van der Waals surface area (Å²) in [5.41, 5.74) is -0.995. The van der Waals surface area contributed by atoms with Crippen LogP contribution in [0.2, 0.25) is 0 Å². The average Bonchev–Trinajstić information content (AvgIpc) is 3.33. The molecular formula is C23H15F3N2O5S. The third kappa shape index (κ3) is 3.94. The van der Waals surface area contributed by atoms with E-state index in [1.807, 2.05) is 0 Å². The van der Waals surface area contributed by atoms with Crippen molar-refractivity contribution in [3.8, 4) is 0 Å². The predicted octanol–water partition coefficient (Wildman–Crippen LogP) is 5.61. The molecule has 2 heterocycles. The van der Waals surface area contributed by atoms with Crippen LogP contribution in [0.3, 0.4) is 0 Å². The molecule has 0 spiro atoms. The van der Waals surface area contributed by atoms with Crippen LogP contribution >= 0.6 is 11.3 Å². The molecule has 0 saturated carbocycles. The fourth-order valence-electron chi connectivity index (χ4n) is 3.74. The fraction of sp³-hybridized carbons (Fsp3) is 0.130. The number of Topliss-reactive ketones (excluding diaryl/α,β-unsaturated/α-hetero) is 1. The van der Waals surface area contributed by atoms with Gasteiger partial charge in [0.15, 0.2) is 0 Å². The molecule has 2 aromatic carbocycles. The summed E-state index contributed by atoms with van der Waals surface area (Å²) in [6.45, 7) is 1.71. The number of benzene rings is 2. The number of anilines is 1. The molecule has 1 aromatic heterocycles. The smallest absolute Gasteiger partial charge is 0.416 e. The lowest BCUT2D eigenvalue weighted by molar-refractivity contribution is -0.384. The normalized spacial score (nSPS) is 17.9. The minimum Gasteiger partial charge on any atom is -0.507 e. The number of amides is 1. The number of alkyl halides is 3. The van der Waals surface area contributed by atoms with Gasteiger partial charge in [-0.25, -0.2) is 0 Å². The molecule has 174 valence electrons. The van der Waals surface area contributed by atoms with Crippen molar-refractivity contribution in [2.45, 2.75) is 19.1 Å². The number of halogens is 3. The molecule has 11 heteroatoms. The van der Waals surface area contributed by atoms with Crippen LogP contribution in [0.1, 0.15) is 27.6 Å². The number of carbonyl (C=O) groups excluding carboxylic acids is 2. The molecule has 4 rings (SSSR count). The molecule has 1 saturated heterocycles. The first-order valence-corrected chi connectivity index (χ1v) is 10.7. The Morgan fingerprint density at radius 3 is 2.35 bits per heavy atom. The number of hydrogen-bond acceptors (Lipinski definition) is 6. The quantitative estimate of drug-likeness (QED) is 0.169. The molecule has 3 aromatic rings. The highest BCUT2D eigenvalue weighted by atomic mass is 32.1. The van der Waals surface area contributed by atoms with Crippen LogP contribution in [0.5, 0.6) is 0 Å². The number of hydrogen-bond donors (Lipinski definition) is 1. The molecule has 0 aliphatic carbocycles. The molecule has 1 N–H and O–H groups in total. The number of carbonyl (C=O) groups is 2. The lowest BCUT2D eigenvalue weighted by Crippen LogP contribution is -2.29. The second kappa shape index (κ2) is 8.41. The number of nitro benzene ring substituents is 1. The number of aliphatic hydroxyl groups is 1. The van der Waals surface area contributed by atoms with Crippen LogP contribution < -0.4 is 4.90 Å². The summed E-state index contributed by atoms with van der Waals surface area (Å²) in [6.07, 6.45) is -4.67. The second-order valence-corrected chi connectivity index (χ2v) is 8.44. The van der Waals surface area contributed by atoms with Crippen LogP contribution in [-0.4, -0.2) is 21.7 Å². The zero-order valence-electron chi connectivity index (χ0n) is 17.4. The minimum atomic E-state index is -4.67. The van der Waals surface area contributed by atoms with Crippen LogP contribution in [0.25, 0.3) is 5.76 Å². The number of aliphatic hydroxyl groups excluding tert-OH is 1. The number of non-ortho nitro benzene ring substituents is 1. The molecule has 1 fully saturated rings. The van der Waals surface area contributed by atoms with Crippen molar-refractivity contribution in [1.82, 2.24) is 0 Å². The monoisotopic (exact) mass is 488 g/mol. The summed E-state index contributed by atoms with van der Waals surface area (Å²) in [7, 11) is 0. The molecule has 0 bridgehead atoms. The van der Waals surface area contributed by atoms with Gasteiger partial charge in [-0.05, 0) is 54.3 Å². The summed E-state index contributed by atoms with van der Waals surface area (Å²) >= 11 is 1.18. The van der Waals surface area contributed by atoms with Gasteiger partial charge in [0, 0.05) is 28.3 Å².